The average Bonchev–Trinajstić information content (AvgIpc) is 2.55. The molecule has 0 saturated carbocycles. The van der Waals surface area contributed by atoms with Crippen LogP contribution in [-0.2, 0) is 6.61 Å². The van der Waals surface area contributed by atoms with Crippen molar-refractivity contribution in [3.8, 4) is 11.8 Å². The number of nitrogens with one attached hydrogen (secondary N) is 1. The number of pyridine rings is 1. The van der Waals surface area contributed by atoms with Crippen molar-refractivity contribution in [3.63, 3.8) is 0 Å². The standard InChI is InChI=1S/C17H19N3O/c1-3-15(19-2)14-8-4-5-9-17(14)21-12-13-7-6-10-20-16(13)11-18/h4-10,15,19H,3,12H2,1-2H3. The topological polar surface area (TPSA) is 57.9 Å². The van der Waals surface area contributed by atoms with Crippen LogP contribution in [0, 0.1) is 11.3 Å². The summed E-state index contributed by atoms with van der Waals surface area (Å²) < 4.78 is 5.92. The number of benzene rings is 1. The van der Waals surface area contributed by atoms with Gasteiger partial charge in [0.25, 0.3) is 0 Å². The van der Waals surface area contributed by atoms with E-state index in [2.05, 4.69) is 29.4 Å². The predicted octanol–water partition coefficient (Wildman–Crippen LogP) is 3.20. The van der Waals surface area contributed by atoms with Crippen LogP contribution in [-0.4, -0.2) is 12.0 Å². The maximum Gasteiger partial charge on any atom is 0.147 e. The normalized spacial score (nSPS) is 11.7. The van der Waals surface area contributed by atoms with Crippen LogP contribution >= 0.6 is 0 Å². The molecule has 0 aliphatic heterocycles. The number of hydrogen-bond donors (Lipinski definition) is 1. The first kappa shape index (κ1) is 15.0. The fourth-order valence-corrected chi connectivity index (χ4v) is 2.29. The van der Waals surface area contributed by atoms with Gasteiger partial charge in [-0.25, -0.2) is 4.98 Å². The van der Waals surface area contributed by atoms with E-state index in [1.54, 1.807) is 6.20 Å². The maximum absolute atomic E-state index is 9.06. The second kappa shape index (κ2) is 7.41. The number of rotatable bonds is 6. The molecule has 2 rings (SSSR count). The molecule has 108 valence electrons. The zero-order chi connectivity index (χ0) is 15.1. The summed E-state index contributed by atoms with van der Waals surface area (Å²) in [6.07, 6.45) is 2.59. The Bertz CT molecular complexity index is 630. The van der Waals surface area contributed by atoms with E-state index in [4.69, 9.17) is 10.00 Å². The Hall–Kier alpha value is -2.38. The number of aromatic nitrogens is 1. The lowest BCUT2D eigenvalue weighted by molar-refractivity contribution is 0.298. The number of nitriles is 1. The third-order valence-corrected chi connectivity index (χ3v) is 3.43. The van der Waals surface area contributed by atoms with Crippen molar-refractivity contribution < 1.29 is 4.74 Å². The Labute approximate surface area is 125 Å². The summed E-state index contributed by atoms with van der Waals surface area (Å²) in [5, 5.41) is 12.3. The molecule has 1 atom stereocenters. The van der Waals surface area contributed by atoms with Gasteiger partial charge < -0.3 is 10.1 Å². The number of hydrogen-bond acceptors (Lipinski definition) is 4. The van der Waals surface area contributed by atoms with Gasteiger partial charge in [0.1, 0.15) is 24.1 Å². The Morgan fingerprint density at radius 2 is 2.10 bits per heavy atom. The second-order valence-corrected chi connectivity index (χ2v) is 4.70. The van der Waals surface area contributed by atoms with Crippen molar-refractivity contribution in [2.75, 3.05) is 7.05 Å². The molecule has 0 amide bonds. The zero-order valence-electron chi connectivity index (χ0n) is 12.3. The molecule has 2 aromatic rings. The Morgan fingerprint density at radius 1 is 1.29 bits per heavy atom. The SMILES string of the molecule is CCC(NC)c1ccccc1OCc1cccnc1C#N. The van der Waals surface area contributed by atoms with Gasteiger partial charge in [0.15, 0.2) is 0 Å². The first-order valence-electron chi connectivity index (χ1n) is 7.03. The lowest BCUT2D eigenvalue weighted by Gasteiger charge is -2.18. The van der Waals surface area contributed by atoms with Crippen LogP contribution in [0.2, 0.25) is 0 Å². The summed E-state index contributed by atoms with van der Waals surface area (Å²) >= 11 is 0. The van der Waals surface area contributed by atoms with Crippen LogP contribution in [0.25, 0.3) is 0 Å². The van der Waals surface area contributed by atoms with Gasteiger partial charge in [0, 0.05) is 23.4 Å². The molecule has 1 aromatic heterocycles. The highest BCUT2D eigenvalue weighted by Gasteiger charge is 2.13. The molecule has 0 spiro atoms. The van der Waals surface area contributed by atoms with E-state index in [-0.39, 0.29) is 6.04 Å². The van der Waals surface area contributed by atoms with Gasteiger partial charge in [-0.2, -0.15) is 5.26 Å². The highest BCUT2D eigenvalue weighted by molar-refractivity contribution is 5.37. The van der Waals surface area contributed by atoms with Gasteiger partial charge in [-0.1, -0.05) is 31.2 Å². The summed E-state index contributed by atoms with van der Waals surface area (Å²) in [6, 6.07) is 14.0. The van der Waals surface area contributed by atoms with Crippen molar-refractivity contribution in [2.24, 2.45) is 0 Å². The van der Waals surface area contributed by atoms with E-state index in [1.165, 1.54) is 0 Å². The molecule has 1 N–H and O–H groups in total. The molecule has 0 bridgehead atoms. The molecule has 0 fully saturated rings. The van der Waals surface area contributed by atoms with E-state index < -0.39 is 0 Å². The third-order valence-electron chi connectivity index (χ3n) is 3.43. The highest BCUT2D eigenvalue weighted by Crippen LogP contribution is 2.27. The largest absolute Gasteiger partial charge is 0.488 e. The van der Waals surface area contributed by atoms with Gasteiger partial charge in [-0.05, 0) is 25.6 Å². The fourth-order valence-electron chi connectivity index (χ4n) is 2.29. The van der Waals surface area contributed by atoms with E-state index >= 15 is 0 Å². The summed E-state index contributed by atoms with van der Waals surface area (Å²) in [5.41, 5.74) is 2.34. The summed E-state index contributed by atoms with van der Waals surface area (Å²) in [5.74, 6) is 0.839. The smallest absolute Gasteiger partial charge is 0.147 e. The van der Waals surface area contributed by atoms with Crippen LogP contribution in [0.5, 0.6) is 5.75 Å². The molecular formula is C17H19N3O. The minimum atomic E-state index is 0.255. The van der Waals surface area contributed by atoms with Crippen molar-refractivity contribution >= 4 is 0 Å². The average molecular weight is 281 g/mol. The van der Waals surface area contributed by atoms with E-state index in [0.29, 0.717) is 12.3 Å². The molecule has 4 heteroatoms. The molecule has 1 unspecified atom stereocenters. The van der Waals surface area contributed by atoms with E-state index in [1.807, 2.05) is 37.4 Å². The second-order valence-electron chi connectivity index (χ2n) is 4.70. The van der Waals surface area contributed by atoms with Crippen molar-refractivity contribution in [1.29, 1.82) is 5.26 Å². The summed E-state index contributed by atoms with van der Waals surface area (Å²) in [7, 11) is 1.94. The van der Waals surface area contributed by atoms with Crippen molar-refractivity contribution in [3.05, 3.63) is 59.4 Å². The van der Waals surface area contributed by atoms with E-state index in [0.717, 1.165) is 23.3 Å². The Kier molecular flexibility index (Phi) is 5.30. The quantitative estimate of drug-likeness (QED) is 0.883. The number of nitrogens with zero attached hydrogens (tertiary/aromatic N) is 2. The van der Waals surface area contributed by atoms with Crippen LogP contribution in [0.1, 0.15) is 36.2 Å². The van der Waals surface area contributed by atoms with Crippen LogP contribution in [0.4, 0.5) is 0 Å². The molecule has 0 saturated heterocycles. The molecule has 0 aliphatic carbocycles. The molecule has 0 radical (unpaired) electrons. The van der Waals surface area contributed by atoms with Crippen LogP contribution < -0.4 is 10.1 Å². The van der Waals surface area contributed by atoms with Gasteiger partial charge in [-0.15, -0.1) is 0 Å². The molecule has 4 nitrogen and oxygen atoms in total. The minimum absolute atomic E-state index is 0.255. The molecule has 0 aliphatic rings. The summed E-state index contributed by atoms with van der Waals surface area (Å²) in [4.78, 5) is 4.05. The molecule has 1 aromatic carbocycles. The Morgan fingerprint density at radius 3 is 2.81 bits per heavy atom. The van der Waals surface area contributed by atoms with Crippen LogP contribution in [0.15, 0.2) is 42.6 Å². The lowest BCUT2D eigenvalue weighted by atomic mass is 10.0. The highest BCUT2D eigenvalue weighted by atomic mass is 16.5. The Balaban J connectivity index is 2.19. The van der Waals surface area contributed by atoms with Crippen LogP contribution in [0.3, 0.4) is 0 Å². The van der Waals surface area contributed by atoms with Gasteiger partial charge in [0.05, 0.1) is 0 Å². The minimum Gasteiger partial charge on any atom is -0.488 e. The molecule has 21 heavy (non-hydrogen) atoms. The first-order valence-corrected chi connectivity index (χ1v) is 7.03. The predicted molar refractivity (Wildman–Crippen MR) is 81.8 cm³/mol. The maximum atomic E-state index is 9.06. The van der Waals surface area contributed by atoms with Gasteiger partial charge >= 0.3 is 0 Å². The number of para-hydroxylation sites is 1. The number of ether oxygens (including phenoxy) is 1. The third kappa shape index (κ3) is 3.59. The summed E-state index contributed by atoms with van der Waals surface area (Å²) in [6.45, 7) is 2.47. The lowest BCUT2D eigenvalue weighted by Crippen LogP contribution is -2.16. The zero-order valence-corrected chi connectivity index (χ0v) is 12.3. The van der Waals surface area contributed by atoms with Crippen molar-refractivity contribution in [2.45, 2.75) is 26.0 Å². The fraction of sp³-hybridized carbons (Fsp3) is 0.294. The van der Waals surface area contributed by atoms with Gasteiger partial charge in [-0.3, -0.25) is 0 Å². The monoisotopic (exact) mass is 281 g/mol. The van der Waals surface area contributed by atoms with E-state index in [9.17, 15) is 0 Å². The first-order chi connectivity index (χ1) is 10.3. The van der Waals surface area contributed by atoms with Gasteiger partial charge in [0.2, 0.25) is 0 Å². The molecule has 1 heterocycles. The molecular weight excluding hydrogens is 262 g/mol. The van der Waals surface area contributed by atoms with Crippen molar-refractivity contribution in [1.82, 2.24) is 10.3 Å².